The Labute approximate surface area is 196 Å². The maximum absolute atomic E-state index is 12.3. The van der Waals surface area contributed by atoms with Crippen molar-refractivity contribution in [2.45, 2.75) is 13.8 Å². The van der Waals surface area contributed by atoms with Crippen LogP contribution >= 0.6 is 11.6 Å². The first kappa shape index (κ1) is 25.4. The van der Waals surface area contributed by atoms with Crippen molar-refractivity contribution in [1.82, 2.24) is 10.7 Å². The van der Waals surface area contributed by atoms with Gasteiger partial charge in [0.15, 0.2) is 18.1 Å². The second kappa shape index (κ2) is 12.9. The van der Waals surface area contributed by atoms with E-state index in [-0.39, 0.29) is 19.1 Å². The standard InChI is InChI=1S/C23H25ClN4O5/c1-4-10-25-22(30)23(31)28-26-13-16-7-9-19(20(11-16)32-5-2)33-14-21(29)27-18-12-17(24)8-6-15(18)3/h4,6-9,11-13H,1,5,10,14H2,2-3H3,(H,25,30)(H,27,29)(H,28,31)/b26-13-. The minimum atomic E-state index is -0.904. The van der Waals surface area contributed by atoms with Crippen molar-refractivity contribution in [2.24, 2.45) is 5.10 Å². The number of anilines is 1. The van der Waals surface area contributed by atoms with E-state index in [1.807, 2.05) is 13.0 Å². The van der Waals surface area contributed by atoms with Crippen LogP contribution in [-0.4, -0.2) is 43.7 Å². The highest BCUT2D eigenvalue weighted by molar-refractivity contribution is 6.35. The molecule has 9 nitrogen and oxygen atoms in total. The maximum atomic E-state index is 12.3. The number of hydrogen-bond donors (Lipinski definition) is 3. The molecular formula is C23H25ClN4O5. The lowest BCUT2D eigenvalue weighted by Crippen LogP contribution is -2.37. The number of rotatable bonds is 10. The lowest BCUT2D eigenvalue weighted by Gasteiger charge is -2.13. The fourth-order valence-corrected chi connectivity index (χ4v) is 2.68. The highest BCUT2D eigenvalue weighted by Crippen LogP contribution is 2.28. The third-order valence-electron chi connectivity index (χ3n) is 4.09. The minimum absolute atomic E-state index is 0.172. The molecule has 0 saturated carbocycles. The van der Waals surface area contributed by atoms with Crippen LogP contribution in [0.25, 0.3) is 0 Å². The number of amides is 3. The summed E-state index contributed by atoms with van der Waals surface area (Å²) in [6.45, 7) is 7.41. The van der Waals surface area contributed by atoms with Crippen molar-refractivity contribution in [3.8, 4) is 11.5 Å². The van der Waals surface area contributed by atoms with Gasteiger partial charge >= 0.3 is 11.8 Å². The first-order valence-corrected chi connectivity index (χ1v) is 10.4. The van der Waals surface area contributed by atoms with Gasteiger partial charge in [-0.25, -0.2) is 5.43 Å². The average Bonchev–Trinajstić information content (AvgIpc) is 2.79. The number of hydrazone groups is 1. The zero-order valence-electron chi connectivity index (χ0n) is 18.3. The Morgan fingerprint density at radius 3 is 2.61 bits per heavy atom. The smallest absolute Gasteiger partial charge is 0.329 e. The Morgan fingerprint density at radius 2 is 1.88 bits per heavy atom. The third-order valence-corrected chi connectivity index (χ3v) is 4.33. The molecule has 0 radical (unpaired) electrons. The highest BCUT2D eigenvalue weighted by atomic mass is 35.5. The van der Waals surface area contributed by atoms with Gasteiger partial charge in [0.25, 0.3) is 5.91 Å². The highest BCUT2D eigenvalue weighted by Gasteiger charge is 2.12. The Morgan fingerprint density at radius 1 is 1.09 bits per heavy atom. The summed E-state index contributed by atoms with van der Waals surface area (Å²) in [7, 11) is 0. The van der Waals surface area contributed by atoms with Gasteiger partial charge in [0.2, 0.25) is 0 Å². The normalized spacial score (nSPS) is 10.4. The number of carbonyl (C=O) groups excluding carboxylic acids is 3. The summed E-state index contributed by atoms with van der Waals surface area (Å²) in [4.78, 5) is 35.4. The molecule has 3 N–H and O–H groups in total. The molecule has 0 aromatic heterocycles. The van der Waals surface area contributed by atoms with E-state index in [9.17, 15) is 14.4 Å². The van der Waals surface area contributed by atoms with E-state index in [1.54, 1.807) is 37.3 Å². The molecule has 10 heteroatoms. The van der Waals surface area contributed by atoms with Crippen LogP contribution in [0.2, 0.25) is 5.02 Å². The predicted octanol–water partition coefficient (Wildman–Crippen LogP) is 2.82. The molecule has 0 heterocycles. The van der Waals surface area contributed by atoms with Crippen molar-refractivity contribution >= 4 is 41.2 Å². The summed E-state index contributed by atoms with van der Waals surface area (Å²) >= 11 is 5.98. The van der Waals surface area contributed by atoms with Gasteiger partial charge in [-0.1, -0.05) is 23.7 Å². The molecule has 0 bridgehead atoms. The quantitative estimate of drug-likeness (QED) is 0.213. The second-order valence-electron chi connectivity index (χ2n) is 6.63. The fourth-order valence-electron chi connectivity index (χ4n) is 2.51. The molecule has 0 aliphatic rings. The van der Waals surface area contributed by atoms with Crippen molar-refractivity contribution in [3.63, 3.8) is 0 Å². The molecule has 0 aliphatic carbocycles. The van der Waals surface area contributed by atoms with Crippen LogP contribution in [0.4, 0.5) is 5.69 Å². The Bertz CT molecular complexity index is 1060. The first-order chi connectivity index (χ1) is 15.8. The molecule has 0 fully saturated rings. The summed E-state index contributed by atoms with van der Waals surface area (Å²) in [5.74, 6) is -1.33. The number of aryl methyl sites for hydroxylation is 1. The monoisotopic (exact) mass is 472 g/mol. The molecule has 3 amide bonds. The van der Waals surface area contributed by atoms with Gasteiger partial charge < -0.3 is 20.1 Å². The second-order valence-corrected chi connectivity index (χ2v) is 7.07. The van der Waals surface area contributed by atoms with Gasteiger partial charge in [0, 0.05) is 17.3 Å². The average molecular weight is 473 g/mol. The Hall–Kier alpha value is -3.85. The zero-order chi connectivity index (χ0) is 24.2. The topological polar surface area (TPSA) is 118 Å². The van der Waals surface area contributed by atoms with Gasteiger partial charge in [-0.2, -0.15) is 5.10 Å². The van der Waals surface area contributed by atoms with E-state index in [2.05, 4.69) is 27.7 Å². The van der Waals surface area contributed by atoms with Crippen molar-refractivity contribution < 1.29 is 23.9 Å². The summed E-state index contributed by atoms with van der Waals surface area (Å²) in [6.07, 6.45) is 2.80. The minimum Gasteiger partial charge on any atom is -0.490 e. The summed E-state index contributed by atoms with van der Waals surface area (Å²) in [6, 6.07) is 10.1. The summed E-state index contributed by atoms with van der Waals surface area (Å²) < 4.78 is 11.2. The Kier molecular flexibility index (Phi) is 9.91. The SMILES string of the molecule is C=CCNC(=O)C(=O)N/N=C\c1ccc(OCC(=O)Nc2cc(Cl)ccc2C)c(OCC)c1. The molecule has 2 rings (SSSR count). The molecule has 0 saturated heterocycles. The predicted molar refractivity (Wildman–Crippen MR) is 127 cm³/mol. The number of nitrogens with one attached hydrogen (secondary N) is 3. The van der Waals surface area contributed by atoms with E-state index < -0.39 is 11.8 Å². The number of nitrogens with zero attached hydrogens (tertiary/aromatic N) is 1. The molecule has 0 aliphatic heterocycles. The van der Waals surface area contributed by atoms with E-state index in [0.717, 1.165) is 5.56 Å². The molecule has 0 atom stereocenters. The van der Waals surface area contributed by atoms with Crippen LogP contribution in [0.15, 0.2) is 54.2 Å². The van der Waals surface area contributed by atoms with Gasteiger partial charge in [0.05, 0.1) is 12.8 Å². The molecule has 0 spiro atoms. The van der Waals surface area contributed by atoms with E-state index in [0.29, 0.717) is 34.4 Å². The van der Waals surface area contributed by atoms with Crippen LogP contribution in [-0.2, 0) is 14.4 Å². The molecule has 2 aromatic carbocycles. The number of benzene rings is 2. The van der Waals surface area contributed by atoms with Crippen LogP contribution in [0.3, 0.4) is 0 Å². The van der Waals surface area contributed by atoms with Crippen LogP contribution in [0.1, 0.15) is 18.1 Å². The van der Waals surface area contributed by atoms with Gasteiger partial charge in [-0.05, 0) is 55.3 Å². The van der Waals surface area contributed by atoms with Crippen molar-refractivity contribution in [2.75, 3.05) is 25.1 Å². The van der Waals surface area contributed by atoms with Gasteiger partial charge in [-0.3, -0.25) is 14.4 Å². The number of ether oxygens (including phenoxy) is 2. The van der Waals surface area contributed by atoms with Crippen LogP contribution < -0.4 is 25.5 Å². The number of halogens is 1. The zero-order valence-corrected chi connectivity index (χ0v) is 19.1. The molecular weight excluding hydrogens is 448 g/mol. The molecule has 174 valence electrons. The molecule has 33 heavy (non-hydrogen) atoms. The van der Waals surface area contributed by atoms with E-state index in [4.69, 9.17) is 21.1 Å². The third kappa shape index (κ3) is 8.30. The largest absolute Gasteiger partial charge is 0.490 e. The van der Waals surface area contributed by atoms with Crippen LogP contribution in [0, 0.1) is 6.92 Å². The van der Waals surface area contributed by atoms with E-state index >= 15 is 0 Å². The maximum Gasteiger partial charge on any atom is 0.329 e. The lowest BCUT2D eigenvalue weighted by molar-refractivity contribution is -0.139. The molecule has 0 unspecified atom stereocenters. The number of hydrogen-bond acceptors (Lipinski definition) is 6. The van der Waals surface area contributed by atoms with Crippen molar-refractivity contribution in [3.05, 3.63) is 65.2 Å². The fraction of sp³-hybridized carbons (Fsp3) is 0.217. The van der Waals surface area contributed by atoms with Crippen molar-refractivity contribution in [1.29, 1.82) is 0 Å². The summed E-state index contributed by atoms with van der Waals surface area (Å²) in [5, 5.41) is 9.37. The van der Waals surface area contributed by atoms with Gasteiger partial charge in [-0.15, -0.1) is 6.58 Å². The number of carbonyl (C=O) groups is 3. The summed E-state index contributed by atoms with van der Waals surface area (Å²) in [5.41, 5.74) is 4.18. The van der Waals surface area contributed by atoms with Crippen LogP contribution in [0.5, 0.6) is 11.5 Å². The first-order valence-electron chi connectivity index (χ1n) is 10.0. The van der Waals surface area contributed by atoms with E-state index in [1.165, 1.54) is 12.3 Å². The Balaban J connectivity index is 1.98. The molecule has 2 aromatic rings. The van der Waals surface area contributed by atoms with Gasteiger partial charge in [0.1, 0.15) is 0 Å². The lowest BCUT2D eigenvalue weighted by atomic mass is 10.2.